The van der Waals surface area contributed by atoms with Gasteiger partial charge in [0.1, 0.15) is 0 Å². The monoisotopic (exact) mass is 482 g/mol. The summed E-state index contributed by atoms with van der Waals surface area (Å²) >= 11 is 0. The van der Waals surface area contributed by atoms with Crippen LogP contribution in [-0.2, 0) is 48.3 Å². The molecule has 0 rings (SSSR count). The SMILES string of the molecule is COC(=O)C(CC(S(=O)(=O)C(F)(F)F)S(=O)(=O)C(F)(F)F)(C(=O)OC)C(=O)OC. The van der Waals surface area contributed by atoms with Crippen molar-refractivity contribution in [1.29, 1.82) is 0 Å². The second-order valence-corrected chi connectivity index (χ2v) is 9.54. The fourth-order valence-electron chi connectivity index (χ4n) is 1.96. The minimum atomic E-state index is -7.27. The Bertz CT molecular complexity index is 786. The molecular formula is C11H12F6O10S2. The van der Waals surface area contributed by atoms with Crippen molar-refractivity contribution < 1.29 is 71.8 Å². The molecule has 0 spiro atoms. The Morgan fingerprint density at radius 2 is 0.931 bits per heavy atom. The third-order valence-electron chi connectivity index (χ3n) is 3.41. The van der Waals surface area contributed by atoms with Gasteiger partial charge in [-0.05, 0) is 0 Å². The van der Waals surface area contributed by atoms with Crippen LogP contribution in [0.25, 0.3) is 0 Å². The number of carbonyl (C=O) groups is 3. The smallest absolute Gasteiger partial charge is 0.468 e. The molecule has 0 atom stereocenters. The summed E-state index contributed by atoms with van der Waals surface area (Å²) in [6, 6.07) is 0. The van der Waals surface area contributed by atoms with Gasteiger partial charge in [-0.1, -0.05) is 0 Å². The molecule has 0 aromatic carbocycles. The van der Waals surface area contributed by atoms with E-state index in [4.69, 9.17) is 0 Å². The van der Waals surface area contributed by atoms with Crippen molar-refractivity contribution in [3.8, 4) is 0 Å². The fraction of sp³-hybridized carbons (Fsp3) is 0.727. The Hall–Kier alpha value is -2.11. The van der Waals surface area contributed by atoms with Crippen LogP contribution in [0.2, 0.25) is 0 Å². The third-order valence-corrected chi connectivity index (χ3v) is 7.94. The van der Waals surface area contributed by atoms with Crippen LogP contribution >= 0.6 is 0 Å². The zero-order valence-electron chi connectivity index (χ0n) is 14.5. The average molecular weight is 482 g/mol. The molecule has 170 valence electrons. The first-order valence-electron chi connectivity index (χ1n) is 6.64. The zero-order valence-corrected chi connectivity index (χ0v) is 16.1. The van der Waals surface area contributed by atoms with E-state index in [2.05, 4.69) is 14.2 Å². The second-order valence-electron chi connectivity index (χ2n) is 5.00. The van der Waals surface area contributed by atoms with Crippen LogP contribution in [0.15, 0.2) is 0 Å². The van der Waals surface area contributed by atoms with Crippen LogP contribution in [0.4, 0.5) is 26.3 Å². The maximum Gasteiger partial charge on any atom is 0.498 e. The summed E-state index contributed by atoms with van der Waals surface area (Å²) in [6.45, 7) is 0. The van der Waals surface area contributed by atoms with Crippen LogP contribution in [0.3, 0.4) is 0 Å². The number of alkyl halides is 6. The average Bonchev–Trinajstić information content (AvgIpc) is 2.58. The highest BCUT2D eigenvalue weighted by atomic mass is 32.3. The van der Waals surface area contributed by atoms with Gasteiger partial charge in [0.05, 0.1) is 21.3 Å². The zero-order chi connectivity index (χ0) is 23.6. The van der Waals surface area contributed by atoms with Gasteiger partial charge in [0.2, 0.25) is 0 Å². The summed E-state index contributed by atoms with van der Waals surface area (Å²) in [6.07, 6.45) is -2.69. The number of ether oxygens (including phenoxy) is 3. The summed E-state index contributed by atoms with van der Waals surface area (Å²) in [5, 5.41) is 0. The van der Waals surface area contributed by atoms with Gasteiger partial charge in [0, 0.05) is 6.42 Å². The summed E-state index contributed by atoms with van der Waals surface area (Å²) < 4.78 is 131. The van der Waals surface area contributed by atoms with E-state index in [1.54, 1.807) is 0 Å². The van der Waals surface area contributed by atoms with E-state index in [0.717, 1.165) is 0 Å². The van der Waals surface area contributed by atoms with Gasteiger partial charge >= 0.3 is 28.9 Å². The molecule has 0 aromatic heterocycles. The van der Waals surface area contributed by atoms with E-state index < -0.39 is 65.0 Å². The predicted molar refractivity (Wildman–Crippen MR) is 76.8 cm³/mol. The number of esters is 3. The number of sulfone groups is 2. The normalized spacial score (nSPS) is 13.7. The Labute approximate surface area is 158 Å². The molecule has 0 saturated carbocycles. The van der Waals surface area contributed by atoms with Crippen LogP contribution in [0.5, 0.6) is 0 Å². The van der Waals surface area contributed by atoms with Crippen molar-refractivity contribution in [3.63, 3.8) is 0 Å². The highest BCUT2D eigenvalue weighted by Gasteiger charge is 2.69. The van der Waals surface area contributed by atoms with E-state index in [1.807, 2.05) is 0 Å². The van der Waals surface area contributed by atoms with Crippen molar-refractivity contribution in [2.24, 2.45) is 5.41 Å². The number of methoxy groups -OCH3 is 3. The van der Waals surface area contributed by atoms with Gasteiger partial charge in [-0.2, -0.15) is 26.3 Å². The third kappa shape index (κ3) is 4.57. The number of rotatable bonds is 7. The molecule has 0 aliphatic rings. The maximum absolute atomic E-state index is 12.9. The van der Waals surface area contributed by atoms with Gasteiger partial charge in [0.15, 0.2) is 4.58 Å². The van der Waals surface area contributed by atoms with E-state index >= 15 is 0 Å². The molecule has 0 amide bonds. The molecule has 0 heterocycles. The van der Waals surface area contributed by atoms with E-state index in [-0.39, 0.29) is 0 Å². The molecule has 0 aromatic rings. The van der Waals surface area contributed by atoms with Crippen LogP contribution < -0.4 is 0 Å². The standard InChI is InChI=1S/C11H12F6O10S2/c1-25-6(18)9(7(19)26-2,8(20)27-3)4-5(28(21,22)10(12,13)14)29(23,24)11(15,16)17/h5H,4H2,1-3H3. The maximum atomic E-state index is 12.9. The molecule has 0 aliphatic heterocycles. The fourth-order valence-corrected chi connectivity index (χ4v) is 5.48. The summed E-state index contributed by atoms with van der Waals surface area (Å²) in [5.41, 5.74) is -17.1. The quantitative estimate of drug-likeness (QED) is 0.211. The lowest BCUT2D eigenvalue weighted by Crippen LogP contribution is -2.55. The van der Waals surface area contributed by atoms with E-state index in [9.17, 15) is 57.6 Å². The number of halogens is 6. The lowest BCUT2D eigenvalue weighted by molar-refractivity contribution is -0.181. The van der Waals surface area contributed by atoms with Crippen molar-refractivity contribution in [3.05, 3.63) is 0 Å². The highest BCUT2D eigenvalue weighted by molar-refractivity contribution is 8.09. The molecular weight excluding hydrogens is 470 g/mol. The number of hydrogen-bond donors (Lipinski definition) is 0. The highest BCUT2D eigenvalue weighted by Crippen LogP contribution is 2.42. The number of hydrogen-bond acceptors (Lipinski definition) is 10. The Morgan fingerprint density at radius 3 is 1.10 bits per heavy atom. The minimum absolute atomic E-state index is 0.411. The Morgan fingerprint density at radius 1 is 0.690 bits per heavy atom. The molecule has 10 nitrogen and oxygen atoms in total. The molecule has 0 unspecified atom stereocenters. The second kappa shape index (κ2) is 8.33. The first-order chi connectivity index (χ1) is 12.8. The van der Waals surface area contributed by atoms with E-state index in [0.29, 0.717) is 21.3 Å². The van der Waals surface area contributed by atoms with Gasteiger partial charge in [-0.25, -0.2) is 16.8 Å². The molecule has 0 aliphatic carbocycles. The minimum Gasteiger partial charge on any atom is -0.468 e. The first kappa shape index (κ1) is 26.9. The van der Waals surface area contributed by atoms with Gasteiger partial charge in [-0.3, -0.25) is 14.4 Å². The Balaban J connectivity index is 7.26. The molecule has 0 bridgehead atoms. The van der Waals surface area contributed by atoms with Crippen molar-refractivity contribution in [2.45, 2.75) is 22.0 Å². The Kier molecular flexibility index (Phi) is 7.72. The molecule has 0 saturated heterocycles. The topological polar surface area (TPSA) is 147 Å². The van der Waals surface area contributed by atoms with Crippen molar-refractivity contribution >= 4 is 37.6 Å². The van der Waals surface area contributed by atoms with Gasteiger partial charge in [0.25, 0.3) is 25.1 Å². The molecule has 0 radical (unpaired) electrons. The van der Waals surface area contributed by atoms with Gasteiger partial charge < -0.3 is 14.2 Å². The van der Waals surface area contributed by atoms with Crippen LogP contribution in [-0.4, -0.2) is 71.7 Å². The summed E-state index contributed by atoms with van der Waals surface area (Å²) in [7, 11) is -13.3. The predicted octanol–water partition coefficient (Wildman–Crippen LogP) is 0.0772. The molecule has 0 fully saturated rings. The lowest BCUT2D eigenvalue weighted by atomic mass is 9.85. The largest absolute Gasteiger partial charge is 0.498 e. The molecule has 18 heteroatoms. The lowest BCUT2D eigenvalue weighted by Gasteiger charge is -2.29. The van der Waals surface area contributed by atoms with Crippen molar-refractivity contribution in [2.75, 3.05) is 21.3 Å². The van der Waals surface area contributed by atoms with Crippen LogP contribution in [0, 0.1) is 5.41 Å². The van der Waals surface area contributed by atoms with E-state index in [1.165, 1.54) is 0 Å². The molecule has 0 N–H and O–H groups in total. The number of carbonyl (C=O) groups excluding carboxylic acids is 3. The van der Waals surface area contributed by atoms with Gasteiger partial charge in [-0.15, -0.1) is 0 Å². The van der Waals surface area contributed by atoms with Crippen LogP contribution in [0.1, 0.15) is 6.42 Å². The first-order valence-corrected chi connectivity index (χ1v) is 9.73. The summed E-state index contributed by atoms with van der Waals surface area (Å²) in [4.78, 5) is 35.8. The van der Waals surface area contributed by atoms with Crippen molar-refractivity contribution in [1.82, 2.24) is 0 Å². The molecule has 29 heavy (non-hydrogen) atoms. The summed E-state index contributed by atoms with van der Waals surface area (Å²) in [5.74, 6) is -6.68.